The first-order chi connectivity index (χ1) is 14.3. The molecule has 0 bridgehead atoms. The molecule has 3 aromatic carbocycles. The highest BCUT2D eigenvalue weighted by Gasteiger charge is 2.26. The highest BCUT2D eigenvalue weighted by Crippen LogP contribution is 2.39. The average molecular weight is 401 g/mol. The van der Waals surface area contributed by atoms with Crippen molar-refractivity contribution in [2.45, 2.75) is 24.7 Å². The molecule has 1 atom stereocenters. The molecular formula is C23H20N4OS. The lowest BCUT2D eigenvalue weighted by Gasteiger charge is -2.19. The number of hydrogen-bond acceptors (Lipinski definition) is 6. The van der Waals surface area contributed by atoms with Crippen molar-refractivity contribution < 1.29 is 4.74 Å². The van der Waals surface area contributed by atoms with Crippen LogP contribution in [-0.2, 0) is 0 Å². The summed E-state index contributed by atoms with van der Waals surface area (Å²) >= 11 is 1.60. The second kappa shape index (κ2) is 7.72. The minimum Gasteiger partial charge on any atom is -0.448 e. The van der Waals surface area contributed by atoms with E-state index in [9.17, 15) is 0 Å². The molecule has 4 aromatic rings. The van der Waals surface area contributed by atoms with Gasteiger partial charge in [-0.1, -0.05) is 73.3 Å². The predicted octanol–water partition coefficient (Wildman–Crippen LogP) is 5.70. The van der Waals surface area contributed by atoms with Crippen LogP contribution < -0.4 is 10.1 Å². The van der Waals surface area contributed by atoms with Crippen LogP contribution in [0.25, 0.3) is 22.0 Å². The van der Waals surface area contributed by atoms with Gasteiger partial charge >= 0.3 is 0 Å². The van der Waals surface area contributed by atoms with Gasteiger partial charge in [-0.2, -0.15) is 4.98 Å². The average Bonchev–Trinajstić information content (AvgIpc) is 2.94. The molecule has 2 heterocycles. The van der Waals surface area contributed by atoms with Crippen molar-refractivity contribution in [1.82, 2.24) is 15.2 Å². The largest absolute Gasteiger partial charge is 0.448 e. The molecule has 1 aliphatic heterocycles. The van der Waals surface area contributed by atoms with Crippen molar-refractivity contribution >= 4 is 28.2 Å². The Balaban J connectivity index is 1.60. The molecule has 0 amide bonds. The molecule has 5 rings (SSSR count). The summed E-state index contributed by atoms with van der Waals surface area (Å²) in [6.45, 7) is 2.14. The Morgan fingerprint density at radius 1 is 0.966 bits per heavy atom. The SMILES string of the molecule is CCCSc1nnc2c(n1)O[C@@H](c1ccc3ccccc3c1)Nc1ccccc1-2. The second-order valence-electron chi connectivity index (χ2n) is 6.89. The number of rotatable bonds is 4. The molecule has 1 aliphatic rings. The van der Waals surface area contributed by atoms with Crippen LogP contribution in [0.4, 0.5) is 5.69 Å². The molecule has 0 saturated heterocycles. The summed E-state index contributed by atoms with van der Waals surface area (Å²) in [6.07, 6.45) is 0.679. The molecule has 6 heteroatoms. The topological polar surface area (TPSA) is 59.9 Å². The Bertz CT molecular complexity index is 1180. The molecule has 29 heavy (non-hydrogen) atoms. The standard InChI is InChI=1S/C23H20N4OS/c1-2-13-29-23-25-22-20(26-27-23)18-9-5-6-10-19(18)24-21(28-22)17-12-11-15-7-3-4-8-16(15)14-17/h3-12,14,21,24H,2,13H2,1H3/t21-/m0/s1. The van der Waals surface area contributed by atoms with Crippen LogP contribution in [-0.4, -0.2) is 20.9 Å². The Morgan fingerprint density at radius 2 is 1.79 bits per heavy atom. The van der Waals surface area contributed by atoms with E-state index in [1.54, 1.807) is 11.8 Å². The van der Waals surface area contributed by atoms with E-state index in [4.69, 9.17) is 4.74 Å². The minimum atomic E-state index is -0.372. The summed E-state index contributed by atoms with van der Waals surface area (Å²) in [5.41, 5.74) is 3.59. The van der Waals surface area contributed by atoms with Gasteiger partial charge in [-0.25, -0.2) is 0 Å². The van der Waals surface area contributed by atoms with E-state index in [0.29, 0.717) is 16.7 Å². The fourth-order valence-corrected chi connectivity index (χ4v) is 4.06. The van der Waals surface area contributed by atoms with E-state index in [1.807, 2.05) is 36.4 Å². The van der Waals surface area contributed by atoms with Gasteiger partial charge in [0.25, 0.3) is 0 Å². The fourth-order valence-electron chi connectivity index (χ4n) is 3.42. The molecule has 0 saturated carbocycles. The summed E-state index contributed by atoms with van der Waals surface area (Å²) in [5.74, 6) is 1.46. The van der Waals surface area contributed by atoms with Crippen LogP contribution in [0.2, 0.25) is 0 Å². The molecule has 0 unspecified atom stereocenters. The highest BCUT2D eigenvalue weighted by atomic mass is 32.2. The minimum absolute atomic E-state index is 0.372. The van der Waals surface area contributed by atoms with Gasteiger partial charge in [-0.15, -0.1) is 10.2 Å². The third-order valence-corrected chi connectivity index (χ3v) is 5.89. The van der Waals surface area contributed by atoms with Crippen molar-refractivity contribution in [2.24, 2.45) is 0 Å². The third kappa shape index (κ3) is 3.51. The fraction of sp³-hybridized carbons (Fsp3) is 0.174. The van der Waals surface area contributed by atoms with E-state index in [0.717, 1.165) is 29.0 Å². The Labute approximate surface area is 173 Å². The van der Waals surface area contributed by atoms with E-state index in [2.05, 4.69) is 57.8 Å². The first kappa shape index (κ1) is 17.9. The first-order valence-electron chi connectivity index (χ1n) is 9.70. The van der Waals surface area contributed by atoms with Gasteiger partial charge in [0.15, 0.2) is 11.9 Å². The number of anilines is 1. The molecule has 0 aliphatic carbocycles. The number of hydrogen-bond donors (Lipinski definition) is 1. The number of ether oxygens (including phenoxy) is 1. The summed E-state index contributed by atoms with van der Waals surface area (Å²) in [4.78, 5) is 4.67. The Hall–Kier alpha value is -3.12. The molecule has 1 aromatic heterocycles. The lowest BCUT2D eigenvalue weighted by molar-refractivity contribution is 0.225. The van der Waals surface area contributed by atoms with Gasteiger partial charge in [0.1, 0.15) is 0 Å². The van der Waals surface area contributed by atoms with Crippen LogP contribution in [0.1, 0.15) is 25.1 Å². The van der Waals surface area contributed by atoms with Crippen molar-refractivity contribution in [1.29, 1.82) is 0 Å². The van der Waals surface area contributed by atoms with Gasteiger partial charge in [-0.05, 0) is 29.3 Å². The molecule has 144 valence electrons. The van der Waals surface area contributed by atoms with E-state index in [1.165, 1.54) is 10.8 Å². The van der Waals surface area contributed by atoms with E-state index in [-0.39, 0.29) is 6.23 Å². The van der Waals surface area contributed by atoms with Crippen molar-refractivity contribution in [3.05, 3.63) is 72.3 Å². The zero-order chi connectivity index (χ0) is 19.6. The van der Waals surface area contributed by atoms with Crippen LogP contribution >= 0.6 is 11.8 Å². The smallest absolute Gasteiger partial charge is 0.247 e. The van der Waals surface area contributed by atoms with E-state index >= 15 is 0 Å². The summed E-state index contributed by atoms with van der Waals surface area (Å²) < 4.78 is 6.36. The lowest BCUT2D eigenvalue weighted by Crippen LogP contribution is -2.17. The van der Waals surface area contributed by atoms with Gasteiger partial charge in [-0.3, -0.25) is 0 Å². The number of thioether (sulfide) groups is 1. The van der Waals surface area contributed by atoms with Gasteiger partial charge in [0, 0.05) is 22.6 Å². The van der Waals surface area contributed by atoms with E-state index < -0.39 is 0 Å². The maximum Gasteiger partial charge on any atom is 0.247 e. The zero-order valence-electron chi connectivity index (χ0n) is 16.0. The van der Waals surface area contributed by atoms with Crippen LogP contribution in [0, 0.1) is 0 Å². The number of para-hydroxylation sites is 1. The quantitative estimate of drug-likeness (QED) is 0.444. The maximum atomic E-state index is 6.36. The number of benzene rings is 3. The number of aromatic nitrogens is 3. The van der Waals surface area contributed by atoms with Gasteiger partial charge < -0.3 is 10.1 Å². The second-order valence-corrected chi connectivity index (χ2v) is 7.95. The Morgan fingerprint density at radius 3 is 2.69 bits per heavy atom. The summed E-state index contributed by atoms with van der Waals surface area (Å²) in [5, 5.41) is 15.3. The molecule has 0 spiro atoms. The van der Waals surface area contributed by atoms with Crippen LogP contribution in [0.15, 0.2) is 71.9 Å². The molecular weight excluding hydrogens is 380 g/mol. The van der Waals surface area contributed by atoms with Crippen molar-refractivity contribution in [2.75, 3.05) is 11.1 Å². The van der Waals surface area contributed by atoms with Crippen LogP contribution in [0.5, 0.6) is 5.88 Å². The monoisotopic (exact) mass is 400 g/mol. The van der Waals surface area contributed by atoms with Crippen molar-refractivity contribution in [3.8, 4) is 17.1 Å². The lowest BCUT2D eigenvalue weighted by atomic mass is 10.1. The molecule has 0 fully saturated rings. The Kier molecular flexibility index (Phi) is 4.77. The maximum absolute atomic E-state index is 6.36. The first-order valence-corrected chi connectivity index (χ1v) is 10.7. The summed E-state index contributed by atoms with van der Waals surface area (Å²) in [6, 6.07) is 22.7. The van der Waals surface area contributed by atoms with Crippen LogP contribution in [0.3, 0.4) is 0 Å². The van der Waals surface area contributed by atoms with Crippen molar-refractivity contribution in [3.63, 3.8) is 0 Å². The number of nitrogens with one attached hydrogen (secondary N) is 1. The molecule has 1 N–H and O–H groups in total. The normalized spacial score (nSPS) is 15.0. The summed E-state index contributed by atoms with van der Waals surface area (Å²) in [7, 11) is 0. The third-order valence-electron chi connectivity index (χ3n) is 4.85. The molecule has 0 radical (unpaired) electrons. The number of nitrogens with zero attached hydrogens (tertiary/aromatic N) is 3. The number of fused-ring (bicyclic) bond motifs is 4. The molecule has 5 nitrogen and oxygen atoms in total. The zero-order valence-corrected chi connectivity index (χ0v) is 16.8. The predicted molar refractivity (Wildman–Crippen MR) is 117 cm³/mol. The van der Waals surface area contributed by atoms with Gasteiger partial charge in [0.2, 0.25) is 11.0 Å². The van der Waals surface area contributed by atoms with Gasteiger partial charge in [0.05, 0.1) is 0 Å². The highest BCUT2D eigenvalue weighted by molar-refractivity contribution is 7.99.